The molecule has 0 aliphatic rings. The van der Waals surface area contributed by atoms with Crippen LogP contribution in [0.5, 0.6) is 0 Å². The van der Waals surface area contributed by atoms with Gasteiger partial charge in [0.05, 0.1) is 0 Å². The van der Waals surface area contributed by atoms with Gasteiger partial charge in [-0.3, -0.25) is 0 Å². The van der Waals surface area contributed by atoms with Crippen molar-refractivity contribution in [2.45, 2.75) is 52.4 Å². The van der Waals surface area contributed by atoms with E-state index in [1.165, 1.54) is 86.5 Å². The van der Waals surface area contributed by atoms with Crippen molar-refractivity contribution in [3.63, 3.8) is 0 Å². The summed E-state index contributed by atoms with van der Waals surface area (Å²) in [5, 5.41) is 19.3. The third-order valence-corrected chi connectivity index (χ3v) is 9.05. The Kier molecular flexibility index (Phi) is 4.04. The Morgan fingerprint density at radius 2 is 0.658 bits per heavy atom. The zero-order chi connectivity index (χ0) is 26.1. The fraction of sp³-hybridized carbons (Fsp3) is 0.211. The molecule has 0 aliphatic heterocycles. The minimum Gasteiger partial charge on any atom is -0.0610 e. The highest BCUT2D eigenvalue weighted by Crippen LogP contribution is 2.48. The lowest BCUT2D eigenvalue weighted by molar-refractivity contribution is 0.591. The van der Waals surface area contributed by atoms with Crippen molar-refractivity contribution in [3.05, 3.63) is 96.1 Å². The van der Waals surface area contributed by atoms with Crippen molar-refractivity contribution in [1.82, 2.24) is 0 Å². The van der Waals surface area contributed by atoms with Gasteiger partial charge in [0.15, 0.2) is 0 Å². The predicted molar refractivity (Wildman–Crippen MR) is 169 cm³/mol. The normalized spacial score (nSPS) is 13.5. The summed E-state index contributed by atoms with van der Waals surface area (Å²) in [7, 11) is 0. The van der Waals surface area contributed by atoms with Gasteiger partial charge in [-0.25, -0.2) is 0 Å². The van der Waals surface area contributed by atoms with Crippen molar-refractivity contribution >= 4 is 75.4 Å². The summed E-state index contributed by atoms with van der Waals surface area (Å²) in [5.74, 6) is 0. The van der Waals surface area contributed by atoms with Gasteiger partial charge in [0.1, 0.15) is 0 Å². The fourth-order valence-corrected chi connectivity index (χ4v) is 6.98. The van der Waals surface area contributed by atoms with Crippen LogP contribution in [0.15, 0.2) is 84.9 Å². The summed E-state index contributed by atoms with van der Waals surface area (Å²) < 4.78 is 0. The summed E-state index contributed by atoms with van der Waals surface area (Å²) in [4.78, 5) is 0. The molecule has 0 bridgehead atoms. The van der Waals surface area contributed by atoms with E-state index in [1.807, 2.05) is 0 Å². The summed E-state index contributed by atoms with van der Waals surface area (Å²) in [6, 6.07) is 33.0. The lowest BCUT2D eigenvalue weighted by atomic mass is 9.86. The summed E-state index contributed by atoms with van der Waals surface area (Å²) in [5.41, 5.74) is 3.04. The highest BCUT2D eigenvalue weighted by molar-refractivity contribution is 6.40. The van der Waals surface area contributed by atoms with Crippen LogP contribution in [0, 0.1) is 0 Å². The Bertz CT molecular complexity index is 2070. The van der Waals surface area contributed by atoms with E-state index in [0.29, 0.717) is 0 Å². The third kappa shape index (κ3) is 2.76. The number of rotatable bonds is 0. The van der Waals surface area contributed by atoms with Crippen molar-refractivity contribution in [3.8, 4) is 0 Å². The van der Waals surface area contributed by atoms with Crippen LogP contribution >= 0.6 is 0 Å². The Morgan fingerprint density at radius 3 is 1.00 bits per heavy atom. The molecular formula is C38H32. The molecule has 0 aliphatic carbocycles. The Morgan fingerprint density at radius 1 is 0.316 bits per heavy atom. The average Bonchev–Trinajstić information content (AvgIpc) is 3.38. The number of hydrogen-bond donors (Lipinski definition) is 0. The van der Waals surface area contributed by atoms with Crippen LogP contribution in [0.2, 0.25) is 0 Å². The molecule has 8 rings (SSSR count). The van der Waals surface area contributed by atoms with E-state index in [9.17, 15) is 0 Å². The van der Waals surface area contributed by atoms with Gasteiger partial charge in [0.2, 0.25) is 0 Å². The van der Waals surface area contributed by atoms with Crippen LogP contribution < -0.4 is 0 Å². The molecule has 0 nitrogen and oxygen atoms in total. The first-order valence-electron chi connectivity index (χ1n) is 13.9. The zero-order valence-electron chi connectivity index (χ0n) is 23.1. The minimum absolute atomic E-state index is 0.126. The minimum atomic E-state index is 0.126. The molecule has 8 aromatic carbocycles. The first-order valence-corrected chi connectivity index (χ1v) is 13.9. The zero-order valence-corrected chi connectivity index (χ0v) is 23.1. The fourth-order valence-electron chi connectivity index (χ4n) is 6.98. The van der Waals surface area contributed by atoms with Gasteiger partial charge < -0.3 is 0 Å². The quantitative estimate of drug-likeness (QED) is 0.186. The SMILES string of the molecule is CC(C)(C)c1ccc2c(c1)c1cccc3c4cc5c6ccc(C(C)(C)C)cc6c6cccc(c4cc2c13)c65. The molecule has 0 amide bonds. The number of fused-ring (bicyclic) bond motifs is 9. The second-order valence-electron chi connectivity index (χ2n) is 13.4. The van der Waals surface area contributed by atoms with Gasteiger partial charge in [0, 0.05) is 0 Å². The smallest absolute Gasteiger partial charge is 0.00199 e. The molecule has 0 saturated heterocycles. The molecule has 0 heteroatoms. The van der Waals surface area contributed by atoms with Crippen molar-refractivity contribution in [2.75, 3.05) is 0 Å². The lowest BCUT2D eigenvalue weighted by Gasteiger charge is -2.19. The third-order valence-electron chi connectivity index (χ3n) is 9.05. The second kappa shape index (κ2) is 6.94. The van der Waals surface area contributed by atoms with Crippen LogP contribution in [-0.4, -0.2) is 0 Å². The van der Waals surface area contributed by atoms with Gasteiger partial charge in [-0.05, 0) is 122 Å². The van der Waals surface area contributed by atoms with E-state index < -0.39 is 0 Å². The molecule has 0 saturated carbocycles. The Labute approximate surface area is 223 Å². The molecule has 8 aromatic rings. The van der Waals surface area contributed by atoms with Crippen LogP contribution in [0.3, 0.4) is 0 Å². The van der Waals surface area contributed by atoms with E-state index in [2.05, 4.69) is 126 Å². The molecule has 0 atom stereocenters. The van der Waals surface area contributed by atoms with E-state index >= 15 is 0 Å². The average molecular weight is 489 g/mol. The predicted octanol–water partition coefficient (Wildman–Crippen LogP) is 11.2. The van der Waals surface area contributed by atoms with Crippen molar-refractivity contribution in [2.24, 2.45) is 0 Å². The molecule has 184 valence electrons. The largest absolute Gasteiger partial charge is 0.0610 e. The van der Waals surface area contributed by atoms with Crippen molar-refractivity contribution < 1.29 is 0 Å². The summed E-state index contributed by atoms with van der Waals surface area (Å²) in [6.45, 7) is 13.8. The molecule has 0 fully saturated rings. The topological polar surface area (TPSA) is 0 Å². The van der Waals surface area contributed by atoms with E-state index in [4.69, 9.17) is 0 Å². The molecular weight excluding hydrogens is 456 g/mol. The molecule has 0 heterocycles. The summed E-state index contributed by atoms with van der Waals surface area (Å²) >= 11 is 0. The first-order chi connectivity index (χ1) is 18.1. The van der Waals surface area contributed by atoms with Gasteiger partial charge in [-0.15, -0.1) is 0 Å². The molecule has 0 N–H and O–H groups in total. The maximum atomic E-state index is 2.48. The van der Waals surface area contributed by atoms with Gasteiger partial charge >= 0.3 is 0 Å². The van der Waals surface area contributed by atoms with E-state index in [-0.39, 0.29) is 10.8 Å². The molecule has 0 radical (unpaired) electrons. The first kappa shape index (κ1) is 22.1. The highest BCUT2D eigenvalue weighted by Gasteiger charge is 2.22. The van der Waals surface area contributed by atoms with E-state index in [1.54, 1.807) is 0 Å². The lowest BCUT2D eigenvalue weighted by Crippen LogP contribution is -2.10. The van der Waals surface area contributed by atoms with Gasteiger partial charge in [-0.1, -0.05) is 102 Å². The molecule has 0 unspecified atom stereocenters. The second-order valence-corrected chi connectivity index (χ2v) is 13.4. The molecule has 0 spiro atoms. The molecule has 0 aromatic heterocycles. The van der Waals surface area contributed by atoms with Crippen LogP contribution in [-0.2, 0) is 10.8 Å². The standard InChI is InChI=1S/C38H32/c1-37(2,3)21-13-15-23-29(17-21)25-9-7-11-27-32-20-34-24-16-14-22(38(4,5)6)18-30(24)26-10-8-12-28(36(26)34)31(32)19-33(23)35(25)27/h7-20H,1-6H3. The Balaban J connectivity index is 1.57. The van der Waals surface area contributed by atoms with E-state index in [0.717, 1.165) is 0 Å². The number of benzene rings is 6. The Hall–Kier alpha value is -3.90. The maximum Gasteiger partial charge on any atom is -0.00199 e. The molecule has 38 heavy (non-hydrogen) atoms. The van der Waals surface area contributed by atoms with Crippen molar-refractivity contribution in [1.29, 1.82) is 0 Å². The van der Waals surface area contributed by atoms with Gasteiger partial charge in [-0.2, -0.15) is 0 Å². The monoisotopic (exact) mass is 488 g/mol. The van der Waals surface area contributed by atoms with Crippen LogP contribution in [0.25, 0.3) is 75.4 Å². The van der Waals surface area contributed by atoms with Crippen LogP contribution in [0.4, 0.5) is 0 Å². The highest BCUT2D eigenvalue weighted by atomic mass is 14.3. The summed E-state index contributed by atoms with van der Waals surface area (Å²) in [6.07, 6.45) is 0. The maximum absolute atomic E-state index is 2.48. The van der Waals surface area contributed by atoms with Crippen LogP contribution in [0.1, 0.15) is 52.7 Å². The number of hydrogen-bond acceptors (Lipinski definition) is 0. The van der Waals surface area contributed by atoms with Gasteiger partial charge in [0.25, 0.3) is 0 Å².